The molecule has 11 heteroatoms. The van der Waals surface area contributed by atoms with Crippen molar-refractivity contribution < 1.29 is 39.2 Å². The number of aliphatic hydroxyl groups excluding tert-OH is 1. The predicted octanol–water partition coefficient (Wildman–Crippen LogP) is 6.00. The number of aliphatic carboxylic acids is 1. The number of nitrogens with one attached hydrogen (secondary N) is 1. The van der Waals surface area contributed by atoms with Gasteiger partial charge in [0.1, 0.15) is 5.03 Å². The third-order valence-electron chi connectivity index (χ3n) is 8.01. The highest BCUT2D eigenvalue weighted by molar-refractivity contribution is 7.99. The van der Waals surface area contributed by atoms with Crippen LogP contribution in [0.4, 0.5) is 0 Å². The lowest BCUT2D eigenvalue weighted by molar-refractivity contribution is -0.268. The molecule has 244 valence electrons. The van der Waals surface area contributed by atoms with Crippen molar-refractivity contribution in [3.8, 4) is 11.1 Å². The van der Waals surface area contributed by atoms with Crippen molar-refractivity contribution in [2.75, 3.05) is 5.75 Å². The number of pyridine rings is 1. The monoisotopic (exact) mass is 656 g/mol. The zero-order valence-corrected chi connectivity index (χ0v) is 26.6. The van der Waals surface area contributed by atoms with Gasteiger partial charge in [-0.15, -0.1) is 11.8 Å². The Morgan fingerprint density at radius 2 is 1.60 bits per heavy atom. The molecule has 3 aromatic carbocycles. The quantitative estimate of drug-likeness (QED) is 0.126. The highest BCUT2D eigenvalue weighted by Gasteiger charge is 2.38. The molecule has 2 heterocycles. The van der Waals surface area contributed by atoms with Crippen molar-refractivity contribution >= 4 is 29.6 Å². The Bertz CT molecular complexity index is 1700. The molecule has 0 saturated carbocycles. The van der Waals surface area contributed by atoms with Crippen LogP contribution in [0.5, 0.6) is 0 Å². The normalized spacial score (nSPS) is 19.2. The van der Waals surface area contributed by atoms with Crippen LogP contribution in [-0.4, -0.2) is 50.0 Å². The summed E-state index contributed by atoms with van der Waals surface area (Å²) in [4.78, 5) is 38.7. The van der Waals surface area contributed by atoms with E-state index in [0.29, 0.717) is 17.3 Å². The molecule has 10 nitrogen and oxygen atoms in total. The third kappa shape index (κ3) is 8.83. The van der Waals surface area contributed by atoms with Gasteiger partial charge in [0, 0.05) is 36.4 Å². The molecule has 1 aliphatic heterocycles. The molecule has 1 amide bonds. The van der Waals surface area contributed by atoms with Gasteiger partial charge in [-0.1, -0.05) is 73.7 Å². The number of carboxylic acid groups (broad SMARTS) is 2. The minimum Gasteiger partial charge on any atom is -0.481 e. The van der Waals surface area contributed by atoms with E-state index in [-0.39, 0.29) is 49.0 Å². The number of thioether (sulfide) groups is 1. The number of nitrogens with zero attached hydrogens (tertiary/aromatic N) is 1. The lowest BCUT2D eigenvalue weighted by Gasteiger charge is -2.41. The van der Waals surface area contributed by atoms with Gasteiger partial charge in [0.15, 0.2) is 6.29 Å². The molecule has 0 radical (unpaired) electrons. The number of carbonyl (C=O) groups excluding carboxylic acids is 1. The first-order chi connectivity index (χ1) is 22.7. The van der Waals surface area contributed by atoms with Crippen molar-refractivity contribution in [3.05, 3.63) is 119 Å². The van der Waals surface area contributed by atoms with Crippen molar-refractivity contribution in [2.24, 2.45) is 5.92 Å². The smallest absolute Gasteiger partial charge is 0.338 e. The molecule has 1 fully saturated rings. The van der Waals surface area contributed by atoms with Gasteiger partial charge in [-0.25, -0.2) is 9.78 Å². The van der Waals surface area contributed by atoms with Gasteiger partial charge in [-0.3, -0.25) is 9.59 Å². The molecule has 47 heavy (non-hydrogen) atoms. The van der Waals surface area contributed by atoms with Crippen LogP contribution in [0.2, 0.25) is 0 Å². The summed E-state index contributed by atoms with van der Waals surface area (Å²) in [5.74, 6) is -1.98. The van der Waals surface area contributed by atoms with Crippen molar-refractivity contribution in [2.45, 2.75) is 56.4 Å². The van der Waals surface area contributed by atoms with Gasteiger partial charge < -0.3 is 30.1 Å². The summed E-state index contributed by atoms with van der Waals surface area (Å²) >= 11 is 1.34. The fourth-order valence-corrected chi connectivity index (χ4v) is 6.49. The number of aromatic carboxylic acids is 1. The Kier molecular flexibility index (Phi) is 11.4. The average molecular weight is 657 g/mol. The minimum absolute atomic E-state index is 0.0565. The predicted molar refractivity (Wildman–Crippen MR) is 175 cm³/mol. The summed E-state index contributed by atoms with van der Waals surface area (Å²) in [5.41, 5.74) is 5.51. The molecule has 0 aliphatic carbocycles. The maximum absolute atomic E-state index is 12.0. The number of rotatable bonds is 13. The maximum atomic E-state index is 12.0. The van der Waals surface area contributed by atoms with Crippen LogP contribution in [0.1, 0.15) is 64.8 Å². The topological polar surface area (TPSA) is 155 Å². The van der Waals surface area contributed by atoms with Crippen LogP contribution in [0.15, 0.2) is 96.2 Å². The second-order valence-electron chi connectivity index (χ2n) is 11.3. The van der Waals surface area contributed by atoms with Gasteiger partial charge >= 0.3 is 11.9 Å². The van der Waals surface area contributed by atoms with Crippen LogP contribution in [0, 0.1) is 5.92 Å². The fourth-order valence-electron chi connectivity index (χ4n) is 5.34. The molecule has 4 N–H and O–H groups in total. The molecule has 0 spiro atoms. The molecule has 4 atom stereocenters. The number of hydrogen-bond donors (Lipinski definition) is 4. The second-order valence-corrected chi connectivity index (χ2v) is 12.3. The fraction of sp³-hybridized carbons (Fsp3) is 0.278. The van der Waals surface area contributed by atoms with Gasteiger partial charge in [0.25, 0.3) is 0 Å². The van der Waals surface area contributed by atoms with E-state index in [1.165, 1.54) is 17.8 Å². The Hall–Kier alpha value is -4.55. The highest BCUT2D eigenvalue weighted by atomic mass is 32.2. The van der Waals surface area contributed by atoms with E-state index >= 15 is 0 Å². The van der Waals surface area contributed by atoms with Crippen molar-refractivity contribution in [3.63, 3.8) is 0 Å². The number of hydrogen-bond acceptors (Lipinski definition) is 8. The van der Waals surface area contributed by atoms with E-state index in [2.05, 4.69) is 10.3 Å². The van der Waals surface area contributed by atoms with Gasteiger partial charge in [0.05, 0.1) is 30.8 Å². The lowest BCUT2D eigenvalue weighted by Crippen LogP contribution is -2.38. The largest absolute Gasteiger partial charge is 0.481 e. The van der Waals surface area contributed by atoms with Crippen LogP contribution in [0.25, 0.3) is 11.1 Å². The standard InChI is InChI=1S/C36H36N2O8S/c1-22-30(21-47-34-29(35(43)44)6-3-17-37-34)45-36(46-33(22)26-9-7-23(20-39)8-10-26)27-13-11-25(12-14-27)28-5-2-4-24(18-28)19-38-31(40)15-16-32(41)42/h2-14,17-18,22,30,33,36,39H,15-16,19-21H2,1H3,(H,38,40)(H,41,42)(H,43,44). The molecular weight excluding hydrogens is 620 g/mol. The number of aliphatic hydroxyl groups is 1. The van der Waals surface area contributed by atoms with Gasteiger partial charge in [0.2, 0.25) is 5.91 Å². The van der Waals surface area contributed by atoms with E-state index in [4.69, 9.17) is 14.6 Å². The first-order valence-electron chi connectivity index (χ1n) is 15.2. The third-order valence-corrected chi connectivity index (χ3v) is 9.10. The molecule has 1 aliphatic rings. The molecule has 0 bridgehead atoms. The van der Waals surface area contributed by atoms with E-state index in [0.717, 1.165) is 33.4 Å². The highest BCUT2D eigenvalue weighted by Crippen LogP contribution is 2.43. The second kappa shape index (κ2) is 15.8. The number of ether oxygens (including phenoxy) is 2. The van der Waals surface area contributed by atoms with E-state index in [1.54, 1.807) is 12.3 Å². The molecule has 1 aromatic heterocycles. The summed E-state index contributed by atoms with van der Waals surface area (Å²) in [6.45, 7) is 2.28. The number of benzene rings is 3. The number of carboxylic acids is 2. The average Bonchev–Trinajstić information content (AvgIpc) is 3.09. The number of amides is 1. The number of aromatic nitrogens is 1. The summed E-state index contributed by atoms with van der Waals surface area (Å²) < 4.78 is 13.1. The summed E-state index contributed by atoms with van der Waals surface area (Å²) in [6, 6.07) is 26.4. The van der Waals surface area contributed by atoms with Crippen LogP contribution in [-0.2, 0) is 32.2 Å². The number of carbonyl (C=O) groups is 3. The van der Waals surface area contributed by atoms with Crippen LogP contribution >= 0.6 is 11.8 Å². The van der Waals surface area contributed by atoms with E-state index in [1.807, 2.05) is 79.7 Å². The molecule has 1 saturated heterocycles. The van der Waals surface area contributed by atoms with E-state index in [9.17, 15) is 24.6 Å². The Labute approximate surface area is 276 Å². The van der Waals surface area contributed by atoms with Gasteiger partial charge in [-0.2, -0.15) is 0 Å². The Morgan fingerprint density at radius 3 is 2.30 bits per heavy atom. The van der Waals surface area contributed by atoms with Crippen molar-refractivity contribution in [1.82, 2.24) is 10.3 Å². The first-order valence-corrected chi connectivity index (χ1v) is 16.2. The first kappa shape index (κ1) is 33.8. The zero-order valence-electron chi connectivity index (χ0n) is 25.7. The Morgan fingerprint density at radius 1 is 0.851 bits per heavy atom. The molecule has 4 aromatic rings. The summed E-state index contributed by atoms with van der Waals surface area (Å²) in [7, 11) is 0. The maximum Gasteiger partial charge on any atom is 0.338 e. The SMILES string of the molecule is CC1C(CSc2ncccc2C(=O)O)OC(c2ccc(-c3cccc(CNC(=O)CCC(=O)O)c3)cc2)OC1c1ccc(CO)cc1. The molecular formula is C36H36N2O8S. The van der Waals surface area contributed by atoms with E-state index < -0.39 is 18.2 Å². The van der Waals surface area contributed by atoms with Crippen molar-refractivity contribution in [1.29, 1.82) is 0 Å². The zero-order chi connectivity index (χ0) is 33.3. The lowest BCUT2D eigenvalue weighted by atomic mass is 9.91. The van der Waals surface area contributed by atoms with Crippen LogP contribution in [0.3, 0.4) is 0 Å². The Balaban J connectivity index is 1.33. The molecule has 4 unspecified atom stereocenters. The summed E-state index contributed by atoms with van der Waals surface area (Å²) in [6.07, 6.45) is -0.0148. The van der Waals surface area contributed by atoms with Gasteiger partial charge in [-0.05, 0) is 46.0 Å². The summed E-state index contributed by atoms with van der Waals surface area (Å²) in [5, 5.41) is 31.1. The minimum atomic E-state index is -1.03. The molecule has 5 rings (SSSR count). The van der Waals surface area contributed by atoms with Crippen LogP contribution < -0.4 is 5.32 Å².